The van der Waals surface area contributed by atoms with Crippen LogP contribution in [0.5, 0.6) is 0 Å². The van der Waals surface area contributed by atoms with E-state index in [2.05, 4.69) is 11.1 Å². The second kappa shape index (κ2) is 8.13. The molecule has 3 rings (SSSR count). The smallest absolute Gasteiger partial charge is 0.335 e. The maximum Gasteiger partial charge on any atom is 0.335 e. The minimum Gasteiger partial charge on any atom is -0.478 e. The van der Waals surface area contributed by atoms with Gasteiger partial charge in [0.15, 0.2) is 0 Å². The molecule has 1 amide bonds. The Balaban J connectivity index is 1.63. The molecule has 5 heteroatoms. The second-order valence-corrected chi connectivity index (χ2v) is 8.62. The number of aromatic nitrogens is 1. The van der Waals surface area contributed by atoms with Crippen molar-refractivity contribution in [1.29, 1.82) is 0 Å². The third-order valence-electron chi connectivity index (χ3n) is 5.32. The Bertz CT molecular complexity index is 845. The molecule has 1 aliphatic heterocycles. The summed E-state index contributed by atoms with van der Waals surface area (Å²) in [5.41, 5.74) is 2.96. The summed E-state index contributed by atoms with van der Waals surface area (Å²) in [7, 11) is 0. The van der Waals surface area contributed by atoms with Gasteiger partial charge in [0, 0.05) is 30.3 Å². The van der Waals surface area contributed by atoms with E-state index in [0.29, 0.717) is 5.92 Å². The normalized spacial score (nSPS) is 15.5. The highest BCUT2D eigenvalue weighted by molar-refractivity contribution is 5.88. The van der Waals surface area contributed by atoms with E-state index in [0.717, 1.165) is 43.6 Å². The van der Waals surface area contributed by atoms with E-state index in [-0.39, 0.29) is 16.9 Å². The summed E-state index contributed by atoms with van der Waals surface area (Å²) < 4.78 is 0. The molecule has 0 saturated carbocycles. The van der Waals surface area contributed by atoms with E-state index in [1.807, 2.05) is 37.9 Å². The number of carboxylic acids is 1. The van der Waals surface area contributed by atoms with Gasteiger partial charge in [-0.3, -0.25) is 9.78 Å². The Morgan fingerprint density at radius 3 is 2.32 bits per heavy atom. The predicted octanol–water partition coefficient (Wildman–Crippen LogP) is 4.27. The molecule has 1 N–H and O–H groups in total. The Morgan fingerprint density at radius 2 is 1.75 bits per heavy atom. The average molecular weight is 380 g/mol. The van der Waals surface area contributed by atoms with Gasteiger partial charge in [-0.2, -0.15) is 0 Å². The van der Waals surface area contributed by atoms with Crippen molar-refractivity contribution in [3.63, 3.8) is 0 Å². The molecule has 2 aromatic rings. The Hall–Kier alpha value is -2.69. The van der Waals surface area contributed by atoms with Gasteiger partial charge >= 0.3 is 5.97 Å². The largest absolute Gasteiger partial charge is 0.478 e. The predicted molar refractivity (Wildman–Crippen MR) is 109 cm³/mol. The molecular formula is C23H28N2O3. The fourth-order valence-electron chi connectivity index (χ4n) is 3.69. The van der Waals surface area contributed by atoms with Gasteiger partial charge in [0.25, 0.3) is 0 Å². The number of carbonyl (C=O) groups is 2. The number of benzene rings is 1. The van der Waals surface area contributed by atoms with E-state index < -0.39 is 5.97 Å². The maximum absolute atomic E-state index is 12.4. The number of pyridine rings is 1. The topological polar surface area (TPSA) is 70.5 Å². The number of likely N-dealkylation sites (tertiary alicyclic amines) is 1. The van der Waals surface area contributed by atoms with Gasteiger partial charge in [0.2, 0.25) is 5.91 Å². The van der Waals surface area contributed by atoms with Crippen molar-refractivity contribution in [1.82, 2.24) is 9.88 Å². The average Bonchev–Trinajstić information content (AvgIpc) is 2.67. The van der Waals surface area contributed by atoms with Crippen LogP contribution >= 0.6 is 0 Å². The molecule has 1 fully saturated rings. The van der Waals surface area contributed by atoms with Crippen LogP contribution in [0, 0.1) is 11.3 Å². The first kappa shape index (κ1) is 20.1. The first-order valence-electron chi connectivity index (χ1n) is 9.82. The van der Waals surface area contributed by atoms with Crippen LogP contribution in [0.2, 0.25) is 0 Å². The van der Waals surface area contributed by atoms with Gasteiger partial charge in [-0.25, -0.2) is 4.79 Å². The van der Waals surface area contributed by atoms with Crippen molar-refractivity contribution in [3.05, 3.63) is 53.7 Å². The number of nitrogens with zero attached hydrogens (tertiary/aromatic N) is 2. The molecule has 0 radical (unpaired) electrons. The van der Waals surface area contributed by atoms with Crippen LogP contribution < -0.4 is 0 Å². The molecule has 0 spiro atoms. The van der Waals surface area contributed by atoms with Gasteiger partial charge in [-0.1, -0.05) is 32.9 Å². The lowest BCUT2D eigenvalue weighted by molar-refractivity contribution is -0.140. The van der Waals surface area contributed by atoms with Crippen molar-refractivity contribution >= 4 is 11.9 Å². The summed E-state index contributed by atoms with van der Waals surface area (Å²) >= 11 is 0. The summed E-state index contributed by atoms with van der Waals surface area (Å²) in [6.45, 7) is 7.58. The molecule has 0 unspecified atom stereocenters. The van der Waals surface area contributed by atoms with Crippen LogP contribution in [0.25, 0.3) is 11.3 Å². The van der Waals surface area contributed by atoms with E-state index in [4.69, 9.17) is 5.11 Å². The quantitative estimate of drug-likeness (QED) is 0.860. The highest BCUT2D eigenvalue weighted by atomic mass is 16.4. The lowest BCUT2D eigenvalue weighted by Crippen LogP contribution is -2.44. The van der Waals surface area contributed by atoms with Gasteiger partial charge < -0.3 is 10.0 Å². The Kier molecular flexibility index (Phi) is 5.82. The van der Waals surface area contributed by atoms with Crippen LogP contribution in [0.15, 0.2) is 42.6 Å². The molecule has 148 valence electrons. The van der Waals surface area contributed by atoms with Crippen molar-refractivity contribution in [3.8, 4) is 11.3 Å². The highest BCUT2D eigenvalue weighted by Gasteiger charge is 2.30. The molecule has 0 atom stereocenters. The first-order chi connectivity index (χ1) is 13.2. The Labute approximate surface area is 166 Å². The lowest BCUT2D eigenvalue weighted by Gasteiger charge is -2.35. The fraction of sp³-hybridized carbons (Fsp3) is 0.435. The lowest BCUT2D eigenvalue weighted by atomic mass is 9.88. The number of hydrogen-bond acceptors (Lipinski definition) is 3. The monoisotopic (exact) mass is 380 g/mol. The molecule has 0 bridgehead atoms. The zero-order valence-corrected chi connectivity index (χ0v) is 16.8. The number of aromatic carboxylic acids is 1. The molecule has 1 saturated heterocycles. The minimum absolute atomic E-state index is 0.238. The minimum atomic E-state index is -0.926. The van der Waals surface area contributed by atoms with E-state index in [9.17, 15) is 9.59 Å². The van der Waals surface area contributed by atoms with Crippen LogP contribution in [0.1, 0.15) is 49.5 Å². The Morgan fingerprint density at radius 1 is 1.11 bits per heavy atom. The molecular weight excluding hydrogens is 352 g/mol. The summed E-state index contributed by atoms with van der Waals surface area (Å²) in [4.78, 5) is 29.9. The molecule has 28 heavy (non-hydrogen) atoms. The van der Waals surface area contributed by atoms with Gasteiger partial charge in [0.1, 0.15) is 0 Å². The number of hydrogen-bond donors (Lipinski definition) is 1. The number of piperidine rings is 1. The summed E-state index contributed by atoms with van der Waals surface area (Å²) in [6.07, 6.45) is 4.83. The molecule has 5 nitrogen and oxygen atoms in total. The molecule has 1 aromatic heterocycles. The fourth-order valence-corrected chi connectivity index (χ4v) is 3.69. The SMILES string of the molecule is CC(C)(C)C(=O)N1CCC(Cc2ccnc(-c3ccc(C(=O)O)cc3)c2)CC1. The van der Waals surface area contributed by atoms with Crippen molar-refractivity contribution in [2.24, 2.45) is 11.3 Å². The highest BCUT2D eigenvalue weighted by Crippen LogP contribution is 2.27. The van der Waals surface area contributed by atoms with Crippen LogP contribution in [-0.4, -0.2) is 40.0 Å². The zero-order valence-electron chi connectivity index (χ0n) is 16.8. The number of carboxylic acid groups (broad SMARTS) is 1. The first-order valence-corrected chi connectivity index (χ1v) is 9.82. The van der Waals surface area contributed by atoms with E-state index in [1.54, 1.807) is 24.3 Å². The summed E-state index contributed by atoms with van der Waals surface area (Å²) in [6, 6.07) is 10.9. The van der Waals surface area contributed by atoms with Gasteiger partial charge in [-0.05, 0) is 55.0 Å². The summed E-state index contributed by atoms with van der Waals surface area (Å²) in [5.74, 6) is -0.125. The summed E-state index contributed by atoms with van der Waals surface area (Å²) in [5, 5.41) is 9.03. The van der Waals surface area contributed by atoms with E-state index >= 15 is 0 Å². The van der Waals surface area contributed by atoms with Gasteiger partial charge in [0.05, 0.1) is 11.3 Å². The van der Waals surface area contributed by atoms with Crippen molar-refractivity contribution < 1.29 is 14.7 Å². The third-order valence-corrected chi connectivity index (χ3v) is 5.32. The third kappa shape index (κ3) is 4.77. The molecule has 0 aliphatic carbocycles. The van der Waals surface area contributed by atoms with Crippen molar-refractivity contribution in [2.45, 2.75) is 40.0 Å². The van der Waals surface area contributed by atoms with Gasteiger partial charge in [-0.15, -0.1) is 0 Å². The van der Waals surface area contributed by atoms with Crippen LogP contribution in [0.3, 0.4) is 0 Å². The van der Waals surface area contributed by atoms with Crippen LogP contribution in [0.4, 0.5) is 0 Å². The van der Waals surface area contributed by atoms with E-state index in [1.165, 1.54) is 5.56 Å². The standard InChI is InChI=1S/C23H28N2O3/c1-23(2,3)22(28)25-12-9-16(10-13-25)14-17-8-11-24-20(15-17)18-4-6-19(7-5-18)21(26)27/h4-8,11,15-16H,9-10,12-14H2,1-3H3,(H,26,27). The number of rotatable bonds is 4. The maximum atomic E-state index is 12.4. The zero-order chi connectivity index (χ0) is 20.3. The molecule has 2 heterocycles. The second-order valence-electron chi connectivity index (χ2n) is 8.62. The number of amides is 1. The number of carbonyl (C=O) groups excluding carboxylic acids is 1. The van der Waals surface area contributed by atoms with Crippen LogP contribution in [-0.2, 0) is 11.2 Å². The molecule has 1 aromatic carbocycles. The van der Waals surface area contributed by atoms with Crippen molar-refractivity contribution in [2.75, 3.05) is 13.1 Å². The molecule has 1 aliphatic rings.